The molecule has 1 aromatic heterocycles. The van der Waals surface area contributed by atoms with Crippen LogP contribution in [0.15, 0.2) is 12.4 Å². The van der Waals surface area contributed by atoms with Crippen LogP contribution in [0.1, 0.15) is 27.2 Å². The maximum Gasteiger partial charge on any atom is 0.234 e. The van der Waals surface area contributed by atoms with Crippen LogP contribution in [0, 0.1) is 0 Å². The molecule has 96 valence electrons. The molecule has 1 unspecified atom stereocenters. The number of aromatic nitrogens is 2. The molecule has 5 heteroatoms. The zero-order valence-corrected chi connectivity index (χ0v) is 10.9. The number of anilines is 1. The molecule has 17 heavy (non-hydrogen) atoms. The van der Waals surface area contributed by atoms with Crippen LogP contribution < -0.4 is 9.64 Å². The maximum atomic E-state index is 9.23. The number of aliphatic hydroxyl groups is 1. The van der Waals surface area contributed by atoms with Crippen molar-refractivity contribution in [3.05, 3.63) is 12.4 Å². The number of hydrogen-bond donors (Lipinski definition) is 1. The van der Waals surface area contributed by atoms with Crippen molar-refractivity contribution in [1.82, 2.24) is 9.97 Å². The van der Waals surface area contributed by atoms with Gasteiger partial charge in [-0.05, 0) is 27.2 Å². The molecule has 0 saturated heterocycles. The van der Waals surface area contributed by atoms with Crippen LogP contribution >= 0.6 is 0 Å². The summed E-state index contributed by atoms with van der Waals surface area (Å²) < 4.78 is 5.48. The van der Waals surface area contributed by atoms with Crippen LogP contribution in [0.4, 0.5) is 5.82 Å². The average Bonchev–Trinajstić information content (AvgIpc) is 2.25. The highest BCUT2D eigenvalue weighted by atomic mass is 16.5. The average molecular weight is 239 g/mol. The molecule has 1 heterocycles. The van der Waals surface area contributed by atoms with Gasteiger partial charge in [-0.25, -0.2) is 0 Å². The monoisotopic (exact) mass is 239 g/mol. The summed E-state index contributed by atoms with van der Waals surface area (Å²) in [6.07, 6.45) is 3.78. The topological polar surface area (TPSA) is 58.5 Å². The van der Waals surface area contributed by atoms with Gasteiger partial charge in [0.1, 0.15) is 0 Å². The van der Waals surface area contributed by atoms with Crippen LogP contribution in [0.2, 0.25) is 0 Å². The summed E-state index contributed by atoms with van der Waals surface area (Å²) in [5.74, 6) is 1.28. The Labute approximate surface area is 102 Å². The van der Waals surface area contributed by atoms with Crippen LogP contribution in [-0.2, 0) is 0 Å². The Morgan fingerprint density at radius 3 is 2.65 bits per heavy atom. The van der Waals surface area contributed by atoms with Crippen molar-refractivity contribution in [1.29, 1.82) is 0 Å². The Hall–Kier alpha value is -1.36. The molecule has 1 atom stereocenters. The third-order valence-corrected chi connectivity index (χ3v) is 2.23. The van der Waals surface area contributed by atoms with Gasteiger partial charge in [-0.3, -0.25) is 4.98 Å². The number of nitrogens with zero attached hydrogens (tertiary/aromatic N) is 3. The van der Waals surface area contributed by atoms with E-state index in [1.165, 1.54) is 0 Å². The third kappa shape index (κ3) is 4.99. The van der Waals surface area contributed by atoms with Crippen molar-refractivity contribution in [2.45, 2.75) is 39.4 Å². The van der Waals surface area contributed by atoms with E-state index in [1.54, 1.807) is 19.3 Å². The van der Waals surface area contributed by atoms with Crippen molar-refractivity contribution in [3.8, 4) is 5.88 Å². The second-order valence-electron chi connectivity index (χ2n) is 4.44. The van der Waals surface area contributed by atoms with Crippen molar-refractivity contribution in [2.24, 2.45) is 0 Å². The minimum absolute atomic E-state index is 0.0855. The third-order valence-electron chi connectivity index (χ3n) is 2.23. The van der Waals surface area contributed by atoms with Crippen LogP contribution in [-0.4, -0.2) is 40.9 Å². The van der Waals surface area contributed by atoms with Gasteiger partial charge < -0.3 is 14.7 Å². The Balaban J connectivity index is 2.63. The summed E-state index contributed by atoms with van der Waals surface area (Å²) in [5, 5.41) is 9.23. The van der Waals surface area contributed by atoms with Gasteiger partial charge in [0.15, 0.2) is 5.82 Å². The summed E-state index contributed by atoms with van der Waals surface area (Å²) in [6, 6.07) is 0. The van der Waals surface area contributed by atoms with Gasteiger partial charge in [0.25, 0.3) is 0 Å². The lowest BCUT2D eigenvalue weighted by molar-refractivity contribution is 0.186. The van der Waals surface area contributed by atoms with Gasteiger partial charge in [0, 0.05) is 13.6 Å². The lowest BCUT2D eigenvalue weighted by atomic mass is 10.3. The minimum Gasteiger partial charge on any atom is -0.474 e. The number of aliphatic hydroxyl groups excluding tert-OH is 1. The molecule has 5 nitrogen and oxygen atoms in total. The zero-order chi connectivity index (χ0) is 12.8. The van der Waals surface area contributed by atoms with Crippen molar-refractivity contribution in [3.63, 3.8) is 0 Å². The number of rotatable bonds is 6. The van der Waals surface area contributed by atoms with E-state index in [0.717, 1.165) is 12.4 Å². The first-order valence-corrected chi connectivity index (χ1v) is 5.87. The van der Waals surface area contributed by atoms with E-state index in [0.29, 0.717) is 12.3 Å². The molecule has 0 radical (unpaired) electrons. The summed E-state index contributed by atoms with van der Waals surface area (Å²) in [7, 11) is 1.92. The fourth-order valence-corrected chi connectivity index (χ4v) is 1.32. The highest BCUT2D eigenvalue weighted by Crippen LogP contribution is 2.14. The van der Waals surface area contributed by atoms with Crippen molar-refractivity contribution < 1.29 is 9.84 Å². The molecule has 0 aliphatic heterocycles. The minimum atomic E-state index is -0.305. The second-order valence-corrected chi connectivity index (χ2v) is 4.44. The molecule has 1 aromatic rings. The Bertz CT molecular complexity index is 342. The Morgan fingerprint density at radius 2 is 2.06 bits per heavy atom. The first-order valence-electron chi connectivity index (χ1n) is 5.87. The molecule has 0 bridgehead atoms. The summed E-state index contributed by atoms with van der Waals surface area (Å²) >= 11 is 0. The molecule has 1 rings (SSSR count). The smallest absolute Gasteiger partial charge is 0.234 e. The van der Waals surface area contributed by atoms with Gasteiger partial charge in [0.2, 0.25) is 5.88 Å². The molecule has 0 fully saturated rings. The quantitative estimate of drug-likeness (QED) is 0.814. The van der Waals surface area contributed by atoms with E-state index in [9.17, 15) is 5.11 Å². The molecule has 0 aliphatic carbocycles. The molecule has 1 N–H and O–H groups in total. The molecule has 0 aromatic carbocycles. The number of hydrogen-bond acceptors (Lipinski definition) is 5. The fraction of sp³-hybridized carbons (Fsp3) is 0.667. The molecule has 0 aliphatic rings. The lowest BCUT2D eigenvalue weighted by Gasteiger charge is -2.19. The number of ether oxygens (including phenoxy) is 1. The van der Waals surface area contributed by atoms with Gasteiger partial charge in [-0.2, -0.15) is 4.98 Å². The fourth-order valence-electron chi connectivity index (χ4n) is 1.32. The molecule has 0 amide bonds. The first kappa shape index (κ1) is 13.7. The van der Waals surface area contributed by atoms with E-state index < -0.39 is 0 Å². The van der Waals surface area contributed by atoms with E-state index in [4.69, 9.17) is 4.74 Å². The molecular weight excluding hydrogens is 218 g/mol. The predicted octanol–water partition coefficient (Wildman–Crippen LogP) is 1.47. The SMILES string of the molecule is CC(O)CCN(C)c1cncc(OC(C)C)n1. The van der Waals surface area contributed by atoms with Crippen LogP contribution in [0.5, 0.6) is 5.88 Å². The van der Waals surface area contributed by atoms with Gasteiger partial charge in [0.05, 0.1) is 24.6 Å². The van der Waals surface area contributed by atoms with Gasteiger partial charge in [-0.1, -0.05) is 0 Å². The summed E-state index contributed by atoms with van der Waals surface area (Å²) in [6.45, 7) is 6.41. The van der Waals surface area contributed by atoms with Gasteiger partial charge >= 0.3 is 0 Å². The van der Waals surface area contributed by atoms with E-state index in [2.05, 4.69) is 9.97 Å². The highest BCUT2D eigenvalue weighted by molar-refractivity contribution is 5.36. The largest absolute Gasteiger partial charge is 0.474 e. The van der Waals surface area contributed by atoms with Crippen LogP contribution in [0.3, 0.4) is 0 Å². The Kier molecular flexibility index (Phi) is 5.15. The molecular formula is C12H21N3O2. The molecule has 0 saturated carbocycles. The van der Waals surface area contributed by atoms with Crippen molar-refractivity contribution >= 4 is 5.82 Å². The van der Waals surface area contributed by atoms with Crippen LogP contribution in [0.25, 0.3) is 0 Å². The standard InChI is InChI=1S/C12H21N3O2/c1-9(2)17-12-8-13-7-11(14-12)15(4)6-5-10(3)16/h7-10,16H,5-6H2,1-4H3. The summed E-state index contributed by atoms with van der Waals surface area (Å²) in [5.41, 5.74) is 0. The molecule has 0 spiro atoms. The highest BCUT2D eigenvalue weighted by Gasteiger charge is 2.07. The lowest BCUT2D eigenvalue weighted by Crippen LogP contribution is -2.23. The van der Waals surface area contributed by atoms with Gasteiger partial charge in [-0.15, -0.1) is 0 Å². The zero-order valence-electron chi connectivity index (χ0n) is 10.9. The van der Waals surface area contributed by atoms with Crippen molar-refractivity contribution in [2.75, 3.05) is 18.5 Å². The second kappa shape index (κ2) is 6.39. The maximum absolute atomic E-state index is 9.23. The van der Waals surface area contributed by atoms with E-state index in [1.807, 2.05) is 25.8 Å². The Morgan fingerprint density at radius 1 is 1.35 bits per heavy atom. The predicted molar refractivity (Wildman–Crippen MR) is 67.4 cm³/mol. The summed E-state index contributed by atoms with van der Waals surface area (Å²) in [4.78, 5) is 10.4. The normalized spacial score (nSPS) is 12.6. The van der Waals surface area contributed by atoms with E-state index in [-0.39, 0.29) is 12.2 Å². The van der Waals surface area contributed by atoms with E-state index >= 15 is 0 Å². The first-order chi connectivity index (χ1) is 7.99.